The number of hydrogen-bond donors (Lipinski definition) is 1. The van der Waals surface area contributed by atoms with E-state index in [0.29, 0.717) is 29.3 Å². The highest BCUT2D eigenvalue weighted by Gasteiger charge is 2.62. The zero-order valence-corrected chi connectivity index (χ0v) is 17.8. The summed E-state index contributed by atoms with van der Waals surface area (Å²) in [5, 5.41) is 4.28. The number of hydrogen-bond acceptors (Lipinski definition) is 3. The van der Waals surface area contributed by atoms with Crippen molar-refractivity contribution in [2.24, 2.45) is 33.2 Å². The Bertz CT molecular complexity index is 749. The summed E-state index contributed by atoms with van der Waals surface area (Å²) in [4.78, 5) is 13.1. The van der Waals surface area contributed by atoms with Gasteiger partial charge in [0.25, 0.3) is 0 Å². The van der Waals surface area contributed by atoms with Gasteiger partial charge in [-0.2, -0.15) is 5.10 Å². The van der Waals surface area contributed by atoms with Crippen molar-refractivity contribution >= 4 is 12.1 Å². The average molecular weight is 383 g/mol. The Kier molecular flexibility index (Phi) is 4.79. The van der Waals surface area contributed by atoms with E-state index in [-0.39, 0.29) is 11.3 Å². The van der Waals surface area contributed by atoms with Crippen LogP contribution in [0.15, 0.2) is 29.4 Å². The van der Waals surface area contributed by atoms with E-state index in [1.807, 2.05) is 24.3 Å². The average Bonchev–Trinajstić information content (AvgIpc) is 2.57. The van der Waals surface area contributed by atoms with Gasteiger partial charge in [-0.15, -0.1) is 0 Å². The molecule has 2 atom stereocenters. The van der Waals surface area contributed by atoms with E-state index in [1.165, 1.54) is 19.3 Å². The highest BCUT2D eigenvalue weighted by Crippen LogP contribution is 2.69. The molecule has 5 rings (SSSR count). The van der Waals surface area contributed by atoms with Gasteiger partial charge in [0.05, 0.1) is 18.2 Å². The van der Waals surface area contributed by atoms with Crippen molar-refractivity contribution < 1.29 is 9.53 Å². The van der Waals surface area contributed by atoms with E-state index in [1.54, 1.807) is 6.21 Å². The molecule has 152 valence electrons. The Morgan fingerprint density at radius 1 is 1.14 bits per heavy atom. The quantitative estimate of drug-likeness (QED) is 0.545. The fourth-order valence-corrected chi connectivity index (χ4v) is 6.90. The lowest BCUT2D eigenvalue weighted by atomic mass is 9.40. The van der Waals surface area contributed by atoms with E-state index >= 15 is 0 Å². The number of nitrogens with zero attached hydrogens (tertiary/aromatic N) is 1. The molecule has 1 aromatic carbocycles. The van der Waals surface area contributed by atoms with Crippen LogP contribution in [0.1, 0.15) is 71.8 Å². The third kappa shape index (κ3) is 3.83. The summed E-state index contributed by atoms with van der Waals surface area (Å²) in [7, 11) is 0. The second kappa shape index (κ2) is 6.89. The summed E-state index contributed by atoms with van der Waals surface area (Å²) in [5.41, 5.74) is 4.29. The lowest BCUT2D eigenvalue weighted by Crippen LogP contribution is -2.59. The predicted molar refractivity (Wildman–Crippen MR) is 112 cm³/mol. The fourth-order valence-electron chi connectivity index (χ4n) is 6.90. The smallest absolute Gasteiger partial charge is 0.246 e. The zero-order chi connectivity index (χ0) is 20.0. The molecular weight excluding hydrogens is 348 g/mol. The number of benzene rings is 1. The first kappa shape index (κ1) is 19.5. The summed E-state index contributed by atoms with van der Waals surface area (Å²) in [6.45, 7) is 9.76. The number of carbonyl (C=O) groups is 1. The Hall–Kier alpha value is -1.84. The van der Waals surface area contributed by atoms with Gasteiger partial charge in [-0.25, -0.2) is 5.43 Å². The van der Waals surface area contributed by atoms with Crippen molar-refractivity contribution in [1.82, 2.24) is 5.43 Å². The molecule has 4 aliphatic carbocycles. The normalized spacial score (nSPS) is 36.2. The molecule has 4 aliphatic rings. The second-order valence-electron chi connectivity index (χ2n) is 10.9. The van der Waals surface area contributed by atoms with Crippen LogP contribution in [0.25, 0.3) is 0 Å². The largest absolute Gasteiger partial charge is 0.493 e. The SMILES string of the molecule is CC(C)COc1ccc(/C=N/NC(=O)C23CC4CC(C)(CC(C)(C4)C2)C3)cc1. The van der Waals surface area contributed by atoms with E-state index in [4.69, 9.17) is 4.74 Å². The van der Waals surface area contributed by atoms with Crippen LogP contribution in [-0.2, 0) is 4.79 Å². The summed E-state index contributed by atoms with van der Waals surface area (Å²) >= 11 is 0. The maximum absolute atomic E-state index is 13.1. The van der Waals surface area contributed by atoms with Gasteiger partial charge in [0.15, 0.2) is 0 Å². The molecule has 0 spiro atoms. The molecule has 1 amide bonds. The minimum Gasteiger partial charge on any atom is -0.493 e. The van der Waals surface area contributed by atoms with E-state index in [9.17, 15) is 4.79 Å². The molecule has 1 N–H and O–H groups in total. The van der Waals surface area contributed by atoms with Crippen molar-refractivity contribution in [3.05, 3.63) is 29.8 Å². The first-order valence-electron chi connectivity index (χ1n) is 10.8. The zero-order valence-electron chi connectivity index (χ0n) is 17.8. The van der Waals surface area contributed by atoms with Crippen LogP contribution in [0.5, 0.6) is 5.75 Å². The number of hydrazone groups is 1. The van der Waals surface area contributed by atoms with Gasteiger partial charge in [-0.05, 0) is 91.0 Å². The molecular formula is C24H34N2O2. The molecule has 0 radical (unpaired) electrons. The van der Waals surface area contributed by atoms with Gasteiger partial charge in [-0.3, -0.25) is 4.79 Å². The summed E-state index contributed by atoms with van der Waals surface area (Å²) in [6, 6.07) is 7.84. The number of amides is 1. The summed E-state index contributed by atoms with van der Waals surface area (Å²) in [6.07, 6.45) is 8.69. The van der Waals surface area contributed by atoms with Crippen LogP contribution in [0, 0.1) is 28.1 Å². The minimum absolute atomic E-state index is 0.127. The van der Waals surface area contributed by atoms with Gasteiger partial charge in [0, 0.05) is 0 Å². The van der Waals surface area contributed by atoms with Gasteiger partial charge in [0.1, 0.15) is 5.75 Å². The summed E-state index contributed by atoms with van der Waals surface area (Å²) in [5.74, 6) is 2.21. The molecule has 4 fully saturated rings. The number of nitrogens with one attached hydrogen (secondary N) is 1. The molecule has 28 heavy (non-hydrogen) atoms. The molecule has 0 saturated heterocycles. The third-order valence-corrected chi connectivity index (χ3v) is 6.95. The van der Waals surface area contributed by atoms with Crippen LogP contribution in [0.4, 0.5) is 0 Å². The Balaban J connectivity index is 1.38. The molecule has 2 unspecified atom stereocenters. The summed E-state index contributed by atoms with van der Waals surface area (Å²) < 4.78 is 5.71. The maximum atomic E-state index is 13.1. The fraction of sp³-hybridized carbons (Fsp3) is 0.667. The number of rotatable bonds is 6. The van der Waals surface area contributed by atoms with Crippen molar-refractivity contribution in [2.75, 3.05) is 6.61 Å². The number of carbonyl (C=O) groups excluding carboxylic acids is 1. The van der Waals surface area contributed by atoms with E-state index in [0.717, 1.165) is 30.6 Å². The van der Waals surface area contributed by atoms with Crippen LogP contribution in [0.2, 0.25) is 0 Å². The first-order chi connectivity index (χ1) is 13.2. The highest BCUT2D eigenvalue weighted by atomic mass is 16.5. The van der Waals surface area contributed by atoms with Crippen LogP contribution in [-0.4, -0.2) is 18.7 Å². The van der Waals surface area contributed by atoms with E-state index in [2.05, 4.69) is 38.2 Å². The lowest BCUT2D eigenvalue weighted by molar-refractivity contribution is -0.170. The molecule has 1 aromatic rings. The third-order valence-electron chi connectivity index (χ3n) is 6.95. The van der Waals surface area contributed by atoms with Gasteiger partial charge in [0.2, 0.25) is 5.91 Å². The lowest BCUT2D eigenvalue weighted by Gasteiger charge is -2.64. The van der Waals surface area contributed by atoms with E-state index < -0.39 is 0 Å². The molecule has 0 heterocycles. The standard InChI is InChI=1S/C24H34N2O2/c1-17(2)13-28-20-7-5-18(6-8-20)12-25-26-21(27)24-11-19-9-22(3,15-24)14-23(4,10-19)16-24/h5-8,12,17,19H,9-11,13-16H2,1-4H3,(H,26,27)/b25-12+. The Morgan fingerprint density at radius 3 is 2.36 bits per heavy atom. The first-order valence-corrected chi connectivity index (χ1v) is 10.8. The molecule has 4 saturated carbocycles. The van der Waals surface area contributed by atoms with Crippen molar-refractivity contribution in [1.29, 1.82) is 0 Å². The van der Waals surface area contributed by atoms with Crippen molar-refractivity contribution in [3.8, 4) is 5.75 Å². The Labute approximate surface area is 169 Å². The molecule has 4 heteroatoms. The van der Waals surface area contributed by atoms with Gasteiger partial charge < -0.3 is 4.74 Å². The van der Waals surface area contributed by atoms with Gasteiger partial charge in [-0.1, -0.05) is 27.7 Å². The maximum Gasteiger partial charge on any atom is 0.246 e. The highest BCUT2D eigenvalue weighted by molar-refractivity contribution is 5.86. The minimum atomic E-state index is -0.213. The van der Waals surface area contributed by atoms with Crippen LogP contribution in [0.3, 0.4) is 0 Å². The molecule has 4 nitrogen and oxygen atoms in total. The van der Waals surface area contributed by atoms with Gasteiger partial charge >= 0.3 is 0 Å². The molecule has 4 bridgehead atoms. The Morgan fingerprint density at radius 2 is 1.79 bits per heavy atom. The van der Waals surface area contributed by atoms with Crippen LogP contribution >= 0.6 is 0 Å². The predicted octanol–water partition coefficient (Wildman–Crippen LogP) is 5.17. The monoisotopic (exact) mass is 382 g/mol. The number of ether oxygens (including phenoxy) is 1. The van der Waals surface area contributed by atoms with Crippen molar-refractivity contribution in [2.45, 2.75) is 66.2 Å². The molecule has 0 aliphatic heterocycles. The van der Waals surface area contributed by atoms with Crippen LogP contribution < -0.4 is 10.2 Å². The second-order valence-corrected chi connectivity index (χ2v) is 10.9. The van der Waals surface area contributed by atoms with Crippen molar-refractivity contribution in [3.63, 3.8) is 0 Å². The topological polar surface area (TPSA) is 50.7 Å². The molecule has 0 aromatic heterocycles.